The number of aromatic nitrogens is 1. The topological polar surface area (TPSA) is 69.6 Å². The van der Waals surface area contributed by atoms with Crippen LogP contribution in [0.5, 0.6) is 0 Å². The number of hydrogen-bond donors (Lipinski definition) is 1. The molecule has 0 spiro atoms. The Bertz CT molecular complexity index is 688. The van der Waals surface area contributed by atoms with E-state index in [9.17, 15) is 9.59 Å². The molecular weight excluding hydrogens is 246 g/mol. The van der Waals surface area contributed by atoms with Crippen LogP contribution in [0.1, 0.15) is 18.5 Å². The van der Waals surface area contributed by atoms with E-state index in [2.05, 4.69) is 4.98 Å². The van der Waals surface area contributed by atoms with Gasteiger partial charge in [-0.3, -0.25) is 4.98 Å². The van der Waals surface area contributed by atoms with Gasteiger partial charge in [0.1, 0.15) is 0 Å². The van der Waals surface area contributed by atoms with Crippen LogP contribution in [0.3, 0.4) is 0 Å². The molecule has 1 fully saturated rings. The van der Waals surface area contributed by atoms with E-state index in [1.807, 2.05) is 19.1 Å². The van der Waals surface area contributed by atoms with Gasteiger partial charge in [-0.2, -0.15) is 0 Å². The molecule has 6 nitrogen and oxygen atoms in total. The monoisotopic (exact) mass is 261 g/mol. The predicted octanol–water partition coefficient (Wildman–Crippen LogP) is 1.55. The Kier molecular flexibility index (Phi) is 2.58. The molecule has 0 aliphatic carbocycles. The van der Waals surface area contributed by atoms with Crippen LogP contribution in [0.2, 0.25) is 0 Å². The first kappa shape index (κ1) is 11.8. The lowest BCUT2D eigenvalue weighted by Gasteiger charge is -2.17. The summed E-state index contributed by atoms with van der Waals surface area (Å²) in [6.45, 7) is 3.33. The standard InChI is InChI=1S/C13H15N3O3/c1-3-16-7-10(15(2)13(16)18)8-4-5-11-9(6-8)14-12(17)19-11/h4-6,10H,3,7H2,1-2H3,(H,14,17). The quantitative estimate of drug-likeness (QED) is 0.891. The normalized spacial score (nSPS) is 19.7. The van der Waals surface area contributed by atoms with Crippen molar-refractivity contribution in [3.05, 3.63) is 34.3 Å². The lowest BCUT2D eigenvalue weighted by Crippen LogP contribution is -2.29. The molecule has 1 N–H and O–H groups in total. The molecule has 3 rings (SSSR count). The largest absolute Gasteiger partial charge is 0.417 e. The molecule has 2 aromatic rings. The van der Waals surface area contributed by atoms with Gasteiger partial charge in [0.15, 0.2) is 5.58 Å². The smallest absolute Gasteiger partial charge is 0.408 e. The molecule has 19 heavy (non-hydrogen) atoms. The van der Waals surface area contributed by atoms with Gasteiger partial charge in [-0.1, -0.05) is 6.07 Å². The molecule has 0 radical (unpaired) electrons. The van der Waals surface area contributed by atoms with Crippen molar-refractivity contribution in [2.24, 2.45) is 0 Å². The summed E-state index contributed by atoms with van der Waals surface area (Å²) in [7, 11) is 1.80. The number of benzene rings is 1. The molecule has 2 amide bonds. The zero-order valence-electron chi connectivity index (χ0n) is 10.8. The Balaban J connectivity index is 2.00. The van der Waals surface area contributed by atoms with Crippen LogP contribution in [-0.2, 0) is 0 Å². The SMILES string of the molecule is CCN1CC(c2ccc3oc(=O)[nH]c3c2)N(C)C1=O. The number of nitrogens with zero attached hydrogens (tertiary/aromatic N) is 2. The minimum Gasteiger partial charge on any atom is -0.408 e. The molecule has 2 heterocycles. The number of urea groups is 1. The van der Waals surface area contributed by atoms with E-state index >= 15 is 0 Å². The van der Waals surface area contributed by atoms with Gasteiger partial charge >= 0.3 is 11.8 Å². The zero-order chi connectivity index (χ0) is 13.6. The third kappa shape index (κ3) is 1.80. The highest BCUT2D eigenvalue weighted by molar-refractivity contribution is 5.78. The van der Waals surface area contributed by atoms with Crippen LogP contribution in [-0.4, -0.2) is 41.0 Å². The van der Waals surface area contributed by atoms with Gasteiger partial charge in [0.05, 0.1) is 11.6 Å². The second-order valence-electron chi connectivity index (χ2n) is 4.72. The highest BCUT2D eigenvalue weighted by Crippen LogP contribution is 2.29. The summed E-state index contributed by atoms with van der Waals surface area (Å²) in [6.07, 6.45) is 0. The van der Waals surface area contributed by atoms with Crippen LogP contribution in [0.4, 0.5) is 4.79 Å². The Morgan fingerprint density at radius 3 is 2.89 bits per heavy atom. The van der Waals surface area contributed by atoms with Crippen LogP contribution in [0, 0.1) is 0 Å². The van der Waals surface area contributed by atoms with Gasteiger partial charge in [0.2, 0.25) is 0 Å². The van der Waals surface area contributed by atoms with Gasteiger partial charge in [-0.15, -0.1) is 0 Å². The first-order valence-corrected chi connectivity index (χ1v) is 6.24. The molecule has 1 aromatic heterocycles. The average Bonchev–Trinajstić information content (AvgIpc) is 2.90. The molecule has 0 bridgehead atoms. The fourth-order valence-electron chi connectivity index (χ4n) is 2.54. The van der Waals surface area contributed by atoms with E-state index in [0.29, 0.717) is 24.2 Å². The van der Waals surface area contributed by atoms with E-state index in [0.717, 1.165) is 5.56 Å². The number of fused-ring (bicyclic) bond motifs is 1. The second kappa shape index (κ2) is 4.15. The lowest BCUT2D eigenvalue weighted by molar-refractivity contribution is 0.197. The number of aromatic amines is 1. The maximum atomic E-state index is 12.0. The maximum absolute atomic E-state index is 12.0. The minimum atomic E-state index is -0.460. The number of nitrogens with one attached hydrogen (secondary N) is 1. The Morgan fingerprint density at radius 2 is 2.21 bits per heavy atom. The van der Waals surface area contributed by atoms with E-state index in [-0.39, 0.29) is 12.1 Å². The highest BCUT2D eigenvalue weighted by atomic mass is 16.4. The fourth-order valence-corrected chi connectivity index (χ4v) is 2.54. The lowest BCUT2D eigenvalue weighted by atomic mass is 10.1. The third-order valence-corrected chi connectivity index (χ3v) is 3.64. The second-order valence-corrected chi connectivity index (χ2v) is 4.72. The van der Waals surface area contributed by atoms with E-state index in [4.69, 9.17) is 4.42 Å². The fraction of sp³-hybridized carbons (Fsp3) is 0.385. The maximum Gasteiger partial charge on any atom is 0.417 e. The Labute approximate surface area is 109 Å². The Hall–Kier alpha value is -2.24. The third-order valence-electron chi connectivity index (χ3n) is 3.64. The summed E-state index contributed by atoms with van der Waals surface area (Å²) >= 11 is 0. The summed E-state index contributed by atoms with van der Waals surface area (Å²) in [4.78, 5) is 29.3. The average molecular weight is 261 g/mol. The molecule has 1 saturated heterocycles. The molecule has 100 valence electrons. The van der Waals surface area contributed by atoms with Crippen molar-refractivity contribution in [2.45, 2.75) is 13.0 Å². The number of amides is 2. The molecule has 1 aliphatic rings. The number of rotatable bonds is 2. The molecule has 1 aromatic carbocycles. The van der Waals surface area contributed by atoms with Gasteiger partial charge in [-0.05, 0) is 24.6 Å². The van der Waals surface area contributed by atoms with Crippen molar-refractivity contribution >= 4 is 17.1 Å². The van der Waals surface area contributed by atoms with Crippen molar-refractivity contribution < 1.29 is 9.21 Å². The summed E-state index contributed by atoms with van der Waals surface area (Å²) in [6, 6.07) is 5.57. The predicted molar refractivity (Wildman–Crippen MR) is 70.0 cm³/mol. The molecule has 1 unspecified atom stereocenters. The zero-order valence-corrected chi connectivity index (χ0v) is 10.8. The highest BCUT2D eigenvalue weighted by Gasteiger charge is 2.34. The van der Waals surface area contributed by atoms with Crippen molar-refractivity contribution in [3.8, 4) is 0 Å². The molecule has 1 atom stereocenters. The van der Waals surface area contributed by atoms with Crippen LogP contribution in [0.25, 0.3) is 11.1 Å². The molecule has 0 saturated carbocycles. The number of H-pyrrole nitrogens is 1. The van der Waals surface area contributed by atoms with Crippen LogP contribution in [0.15, 0.2) is 27.4 Å². The number of oxazole rings is 1. The van der Waals surface area contributed by atoms with E-state index < -0.39 is 5.76 Å². The summed E-state index contributed by atoms with van der Waals surface area (Å²) in [5.41, 5.74) is 2.20. The Morgan fingerprint density at radius 1 is 1.42 bits per heavy atom. The number of likely N-dealkylation sites (N-methyl/N-ethyl adjacent to an activating group) is 2. The first-order valence-electron chi connectivity index (χ1n) is 6.24. The van der Waals surface area contributed by atoms with Gasteiger partial charge in [0, 0.05) is 20.1 Å². The van der Waals surface area contributed by atoms with E-state index in [1.54, 1.807) is 22.9 Å². The van der Waals surface area contributed by atoms with Gasteiger partial charge in [0.25, 0.3) is 0 Å². The molecule has 6 heteroatoms. The van der Waals surface area contributed by atoms with Crippen molar-refractivity contribution in [1.82, 2.24) is 14.8 Å². The summed E-state index contributed by atoms with van der Waals surface area (Å²) < 4.78 is 4.97. The minimum absolute atomic E-state index is 0.00949. The number of hydrogen-bond acceptors (Lipinski definition) is 3. The van der Waals surface area contributed by atoms with Crippen LogP contribution >= 0.6 is 0 Å². The van der Waals surface area contributed by atoms with Crippen molar-refractivity contribution in [1.29, 1.82) is 0 Å². The van der Waals surface area contributed by atoms with Crippen LogP contribution < -0.4 is 5.76 Å². The van der Waals surface area contributed by atoms with E-state index in [1.165, 1.54) is 0 Å². The number of carbonyl (C=O) groups is 1. The molecule has 1 aliphatic heterocycles. The molecular formula is C13H15N3O3. The van der Waals surface area contributed by atoms with Gasteiger partial charge < -0.3 is 14.2 Å². The summed E-state index contributed by atoms with van der Waals surface area (Å²) in [5.74, 6) is -0.460. The number of carbonyl (C=O) groups excluding carboxylic acids is 1. The summed E-state index contributed by atoms with van der Waals surface area (Å²) in [5, 5.41) is 0. The van der Waals surface area contributed by atoms with Crippen molar-refractivity contribution in [3.63, 3.8) is 0 Å². The van der Waals surface area contributed by atoms with Gasteiger partial charge in [-0.25, -0.2) is 9.59 Å². The van der Waals surface area contributed by atoms with Crippen molar-refractivity contribution in [2.75, 3.05) is 20.1 Å². The first-order chi connectivity index (χ1) is 9.10.